The maximum Gasteiger partial charge on any atom is 0.253 e. The summed E-state index contributed by atoms with van der Waals surface area (Å²) in [6.07, 6.45) is 0. The van der Waals surface area contributed by atoms with Gasteiger partial charge in [0.05, 0.1) is 0 Å². The lowest BCUT2D eigenvalue weighted by molar-refractivity contribution is 0.0827. The van der Waals surface area contributed by atoms with Crippen molar-refractivity contribution in [1.82, 2.24) is 15.5 Å². The average Bonchev–Trinajstić information content (AvgIpc) is 2.63. The van der Waals surface area contributed by atoms with E-state index in [1.807, 2.05) is 42.5 Å². The number of aliphatic imine (C=N–C) groups is 1. The van der Waals surface area contributed by atoms with E-state index in [2.05, 4.69) is 31.6 Å². The van der Waals surface area contributed by atoms with E-state index in [4.69, 9.17) is 11.6 Å². The lowest BCUT2D eigenvalue weighted by Crippen LogP contribution is -2.36. The Bertz CT molecular complexity index is 797. The van der Waals surface area contributed by atoms with E-state index in [9.17, 15) is 4.79 Å². The second-order valence-corrected chi connectivity index (χ2v) is 7.23. The Morgan fingerprint density at radius 2 is 1.74 bits per heavy atom. The quantitative estimate of drug-likeness (QED) is 0.323. The van der Waals surface area contributed by atoms with E-state index in [-0.39, 0.29) is 29.9 Å². The SMILES string of the molecule is CN=C(NCc1ccc(C(=O)N(C)C)cc1)NCc1ccc(Br)cc1Cl.I. The summed E-state index contributed by atoms with van der Waals surface area (Å²) in [5, 5.41) is 7.19. The number of amides is 1. The zero-order valence-electron chi connectivity index (χ0n) is 15.4. The number of benzene rings is 2. The van der Waals surface area contributed by atoms with Gasteiger partial charge in [0.2, 0.25) is 0 Å². The second-order valence-electron chi connectivity index (χ2n) is 5.91. The molecule has 0 fully saturated rings. The highest BCUT2D eigenvalue weighted by atomic mass is 127. The number of carbonyl (C=O) groups is 1. The van der Waals surface area contributed by atoms with Crippen LogP contribution in [0.1, 0.15) is 21.5 Å². The molecule has 27 heavy (non-hydrogen) atoms. The smallest absolute Gasteiger partial charge is 0.253 e. The van der Waals surface area contributed by atoms with Crippen LogP contribution in [0.15, 0.2) is 51.9 Å². The molecule has 0 saturated heterocycles. The molecule has 0 aliphatic carbocycles. The molecule has 146 valence electrons. The van der Waals surface area contributed by atoms with E-state index < -0.39 is 0 Å². The van der Waals surface area contributed by atoms with Gasteiger partial charge >= 0.3 is 0 Å². The largest absolute Gasteiger partial charge is 0.352 e. The van der Waals surface area contributed by atoms with E-state index in [0.717, 1.165) is 15.6 Å². The molecular weight excluding hydrogens is 542 g/mol. The van der Waals surface area contributed by atoms with Crippen molar-refractivity contribution in [2.75, 3.05) is 21.1 Å². The molecule has 0 aliphatic heterocycles. The van der Waals surface area contributed by atoms with Gasteiger partial charge in [-0.2, -0.15) is 0 Å². The molecule has 5 nitrogen and oxygen atoms in total. The third kappa shape index (κ3) is 7.31. The summed E-state index contributed by atoms with van der Waals surface area (Å²) in [5.41, 5.74) is 2.72. The highest BCUT2D eigenvalue weighted by Gasteiger charge is 2.07. The molecule has 2 rings (SSSR count). The number of rotatable bonds is 5. The van der Waals surface area contributed by atoms with Gasteiger partial charge in [-0.15, -0.1) is 24.0 Å². The van der Waals surface area contributed by atoms with Gasteiger partial charge in [0, 0.05) is 49.3 Å². The average molecular weight is 566 g/mol. The van der Waals surface area contributed by atoms with Crippen molar-refractivity contribution in [3.8, 4) is 0 Å². The van der Waals surface area contributed by atoms with Crippen LogP contribution in [0.3, 0.4) is 0 Å². The van der Waals surface area contributed by atoms with E-state index in [0.29, 0.717) is 29.6 Å². The van der Waals surface area contributed by atoms with E-state index in [1.165, 1.54) is 0 Å². The minimum atomic E-state index is -0.00615. The standard InChI is InChI=1S/C19H22BrClN4O.HI/c1-22-19(24-12-15-8-9-16(20)10-17(15)21)23-11-13-4-6-14(7-5-13)18(26)25(2)3;/h4-10H,11-12H2,1-3H3,(H2,22,23,24);1H. The van der Waals surface area contributed by atoms with Crippen LogP contribution in [0.25, 0.3) is 0 Å². The summed E-state index contributed by atoms with van der Waals surface area (Å²) in [5.74, 6) is 0.672. The van der Waals surface area contributed by atoms with Crippen molar-refractivity contribution in [3.05, 3.63) is 68.7 Å². The summed E-state index contributed by atoms with van der Waals surface area (Å²) in [7, 11) is 5.20. The number of hydrogen-bond acceptors (Lipinski definition) is 2. The first-order chi connectivity index (χ1) is 12.4. The molecule has 0 saturated carbocycles. The first-order valence-electron chi connectivity index (χ1n) is 8.09. The third-order valence-electron chi connectivity index (χ3n) is 3.75. The molecule has 2 aromatic rings. The van der Waals surface area contributed by atoms with Gasteiger partial charge < -0.3 is 15.5 Å². The summed E-state index contributed by atoms with van der Waals surface area (Å²) >= 11 is 9.63. The van der Waals surface area contributed by atoms with Crippen LogP contribution in [0.4, 0.5) is 0 Å². The predicted octanol–water partition coefficient (Wildman–Crippen LogP) is 4.29. The summed E-state index contributed by atoms with van der Waals surface area (Å²) < 4.78 is 0.949. The topological polar surface area (TPSA) is 56.7 Å². The van der Waals surface area contributed by atoms with Crippen LogP contribution in [0.5, 0.6) is 0 Å². The molecule has 8 heteroatoms. The van der Waals surface area contributed by atoms with Crippen molar-refractivity contribution in [1.29, 1.82) is 0 Å². The minimum Gasteiger partial charge on any atom is -0.352 e. The van der Waals surface area contributed by atoms with Gasteiger partial charge in [-0.05, 0) is 35.4 Å². The van der Waals surface area contributed by atoms with Crippen molar-refractivity contribution in [3.63, 3.8) is 0 Å². The van der Waals surface area contributed by atoms with Crippen LogP contribution in [-0.4, -0.2) is 37.9 Å². The van der Waals surface area contributed by atoms with Crippen molar-refractivity contribution in [2.24, 2.45) is 4.99 Å². The number of halogens is 3. The van der Waals surface area contributed by atoms with Crippen LogP contribution >= 0.6 is 51.5 Å². The van der Waals surface area contributed by atoms with Gasteiger partial charge in [-0.3, -0.25) is 9.79 Å². The van der Waals surface area contributed by atoms with Gasteiger partial charge in [0.15, 0.2) is 5.96 Å². The highest BCUT2D eigenvalue weighted by molar-refractivity contribution is 14.0. The maximum absolute atomic E-state index is 11.9. The molecule has 2 aromatic carbocycles. The Kier molecular flexibility index (Phi) is 10.1. The van der Waals surface area contributed by atoms with Crippen LogP contribution in [0.2, 0.25) is 5.02 Å². The highest BCUT2D eigenvalue weighted by Crippen LogP contribution is 2.21. The number of guanidine groups is 1. The Morgan fingerprint density at radius 1 is 1.11 bits per heavy atom. The zero-order valence-corrected chi connectivity index (χ0v) is 20.1. The van der Waals surface area contributed by atoms with E-state index in [1.54, 1.807) is 26.0 Å². The van der Waals surface area contributed by atoms with E-state index >= 15 is 0 Å². The van der Waals surface area contributed by atoms with Gasteiger partial charge in [-0.1, -0.05) is 45.7 Å². The molecule has 0 aliphatic rings. The number of carbonyl (C=O) groups excluding carboxylic acids is 1. The molecule has 0 spiro atoms. The van der Waals surface area contributed by atoms with Gasteiger partial charge in [0.1, 0.15) is 0 Å². The van der Waals surface area contributed by atoms with Crippen molar-refractivity contribution in [2.45, 2.75) is 13.1 Å². The summed E-state index contributed by atoms with van der Waals surface area (Å²) in [4.78, 5) is 17.7. The third-order valence-corrected chi connectivity index (χ3v) is 4.60. The second kappa shape index (κ2) is 11.5. The lowest BCUT2D eigenvalue weighted by atomic mass is 10.1. The normalized spacial score (nSPS) is 10.8. The molecule has 0 aromatic heterocycles. The predicted molar refractivity (Wildman–Crippen MR) is 126 cm³/mol. The van der Waals surface area contributed by atoms with Crippen LogP contribution < -0.4 is 10.6 Å². The minimum absolute atomic E-state index is 0. The summed E-state index contributed by atoms with van der Waals surface area (Å²) in [6, 6.07) is 13.3. The zero-order chi connectivity index (χ0) is 19.1. The number of hydrogen-bond donors (Lipinski definition) is 2. The molecule has 0 heterocycles. The number of nitrogens with one attached hydrogen (secondary N) is 2. The first-order valence-corrected chi connectivity index (χ1v) is 9.27. The molecule has 0 bridgehead atoms. The Hall–Kier alpha value is -1.32. The summed E-state index contributed by atoms with van der Waals surface area (Å²) in [6.45, 7) is 1.17. The van der Waals surface area contributed by atoms with Gasteiger partial charge in [0.25, 0.3) is 5.91 Å². The molecule has 0 radical (unpaired) electrons. The molecular formula is C19H23BrClIN4O. The van der Waals surface area contributed by atoms with Gasteiger partial charge in [-0.25, -0.2) is 0 Å². The first kappa shape index (κ1) is 23.7. The number of nitrogens with zero attached hydrogens (tertiary/aromatic N) is 2. The Morgan fingerprint density at radius 3 is 2.30 bits per heavy atom. The van der Waals surface area contributed by atoms with Crippen molar-refractivity contribution >= 4 is 63.4 Å². The fourth-order valence-corrected chi connectivity index (χ4v) is 3.01. The Balaban J connectivity index is 0.00000364. The van der Waals surface area contributed by atoms with Crippen molar-refractivity contribution < 1.29 is 4.79 Å². The maximum atomic E-state index is 11.9. The molecule has 2 N–H and O–H groups in total. The monoisotopic (exact) mass is 564 g/mol. The molecule has 0 atom stereocenters. The molecule has 1 amide bonds. The Labute approximate surface area is 190 Å². The fraction of sp³-hybridized carbons (Fsp3) is 0.263. The van der Waals surface area contributed by atoms with Crippen LogP contribution in [-0.2, 0) is 13.1 Å². The van der Waals surface area contributed by atoms with Crippen LogP contribution in [0, 0.1) is 0 Å². The molecule has 0 unspecified atom stereocenters. The lowest BCUT2D eigenvalue weighted by Gasteiger charge is -2.14. The fourth-order valence-electron chi connectivity index (χ4n) is 2.27.